The Bertz CT molecular complexity index is 301. The molecule has 76 valence electrons. The molecule has 1 aromatic rings. The third-order valence-corrected chi connectivity index (χ3v) is 3.04. The number of furan rings is 1. The first-order valence-electron chi connectivity index (χ1n) is 5.34. The zero-order chi connectivity index (χ0) is 9.97. The van der Waals surface area contributed by atoms with Crippen LogP contribution >= 0.6 is 0 Å². The molecule has 0 N–H and O–H groups in total. The summed E-state index contributed by atoms with van der Waals surface area (Å²) in [6.45, 7) is 5.24. The van der Waals surface area contributed by atoms with Crippen LogP contribution in [0.15, 0.2) is 27.8 Å². The van der Waals surface area contributed by atoms with Crippen molar-refractivity contribution in [3.63, 3.8) is 0 Å². The van der Waals surface area contributed by atoms with Gasteiger partial charge < -0.3 is 4.42 Å². The highest BCUT2D eigenvalue weighted by Gasteiger charge is 2.24. The molecule has 2 heteroatoms. The first-order valence-corrected chi connectivity index (χ1v) is 5.34. The van der Waals surface area contributed by atoms with Gasteiger partial charge in [-0.05, 0) is 36.8 Å². The van der Waals surface area contributed by atoms with Crippen LogP contribution in [0.1, 0.15) is 32.4 Å². The van der Waals surface area contributed by atoms with E-state index in [0.29, 0.717) is 18.4 Å². The van der Waals surface area contributed by atoms with E-state index in [9.17, 15) is 0 Å². The monoisotopic (exact) mass is 191 g/mol. The van der Waals surface area contributed by atoms with Gasteiger partial charge in [0.05, 0.1) is 12.8 Å². The molecule has 0 saturated heterocycles. The van der Waals surface area contributed by atoms with Crippen molar-refractivity contribution in [2.75, 3.05) is 0 Å². The molecule has 2 rings (SSSR count). The summed E-state index contributed by atoms with van der Waals surface area (Å²) in [5, 5.41) is 0. The summed E-state index contributed by atoms with van der Waals surface area (Å²) in [5.41, 5.74) is 1.38. The molecule has 0 aliphatic heterocycles. The molecule has 0 bridgehead atoms. The maximum Gasteiger partial charge on any atom is 0.125 e. The van der Waals surface area contributed by atoms with E-state index in [0.717, 1.165) is 5.76 Å². The maximum atomic E-state index is 5.26. The normalized spacial score (nSPS) is 26.9. The highest BCUT2D eigenvalue weighted by molar-refractivity contribution is 5.90. The minimum atomic E-state index is 0.667. The zero-order valence-corrected chi connectivity index (χ0v) is 8.86. The number of aliphatic imine (C=N–C) groups is 1. The molecule has 1 fully saturated rings. The molecule has 0 radical (unpaired) electrons. The van der Waals surface area contributed by atoms with Gasteiger partial charge in [-0.15, -0.1) is 0 Å². The van der Waals surface area contributed by atoms with Crippen molar-refractivity contribution in [3.8, 4) is 0 Å². The molecule has 0 spiro atoms. The Morgan fingerprint density at radius 1 is 1.36 bits per heavy atom. The smallest absolute Gasteiger partial charge is 0.125 e. The molecule has 2 unspecified atom stereocenters. The average Bonchev–Trinajstić information content (AvgIpc) is 2.76. The Hall–Kier alpha value is -1.05. The van der Waals surface area contributed by atoms with E-state index in [2.05, 4.69) is 18.8 Å². The Morgan fingerprint density at radius 3 is 2.64 bits per heavy atom. The molecule has 0 amide bonds. The summed E-state index contributed by atoms with van der Waals surface area (Å²) < 4.78 is 5.26. The van der Waals surface area contributed by atoms with Crippen molar-refractivity contribution in [2.24, 2.45) is 16.8 Å². The third kappa shape index (κ3) is 1.89. The Kier molecular flexibility index (Phi) is 2.71. The van der Waals surface area contributed by atoms with Gasteiger partial charge in [0.25, 0.3) is 0 Å². The predicted molar refractivity (Wildman–Crippen MR) is 57.4 cm³/mol. The standard InChI is InChI=1S/C12H17NO/c1-9-5-6-10(2)12(9)13-8-11-4-3-7-14-11/h3-4,7,9-10H,5-6,8H2,1-2H3. The highest BCUT2D eigenvalue weighted by atomic mass is 16.3. The van der Waals surface area contributed by atoms with Gasteiger partial charge in [0, 0.05) is 5.71 Å². The van der Waals surface area contributed by atoms with Crippen LogP contribution in [0.25, 0.3) is 0 Å². The lowest BCUT2D eigenvalue weighted by atomic mass is 10.1. The van der Waals surface area contributed by atoms with Crippen molar-refractivity contribution in [1.82, 2.24) is 0 Å². The summed E-state index contributed by atoms with van der Waals surface area (Å²) in [7, 11) is 0. The molecule has 0 aromatic carbocycles. The van der Waals surface area contributed by atoms with Crippen LogP contribution in [0.2, 0.25) is 0 Å². The van der Waals surface area contributed by atoms with E-state index in [1.54, 1.807) is 6.26 Å². The van der Waals surface area contributed by atoms with E-state index in [-0.39, 0.29) is 0 Å². The lowest BCUT2D eigenvalue weighted by Gasteiger charge is -2.07. The topological polar surface area (TPSA) is 25.5 Å². The molecule has 2 nitrogen and oxygen atoms in total. The van der Waals surface area contributed by atoms with Crippen molar-refractivity contribution in [1.29, 1.82) is 0 Å². The molecular weight excluding hydrogens is 174 g/mol. The molecule has 1 saturated carbocycles. The predicted octanol–water partition coefficient (Wildman–Crippen LogP) is 3.29. The van der Waals surface area contributed by atoms with Crippen molar-refractivity contribution < 1.29 is 4.42 Å². The quantitative estimate of drug-likeness (QED) is 0.704. The fraction of sp³-hybridized carbons (Fsp3) is 0.583. The van der Waals surface area contributed by atoms with E-state index in [1.807, 2.05) is 12.1 Å². The molecule has 1 aromatic heterocycles. The second kappa shape index (κ2) is 3.99. The van der Waals surface area contributed by atoms with E-state index in [1.165, 1.54) is 18.6 Å². The van der Waals surface area contributed by atoms with Crippen LogP contribution in [0.5, 0.6) is 0 Å². The van der Waals surface area contributed by atoms with E-state index >= 15 is 0 Å². The summed E-state index contributed by atoms with van der Waals surface area (Å²) in [6, 6.07) is 3.89. The Labute approximate surface area is 85.0 Å². The molecule has 1 aliphatic rings. The van der Waals surface area contributed by atoms with Crippen molar-refractivity contribution >= 4 is 5.71 Å². The first kappa shape index (κ1) is 9.50. The van der Waals surface area contributed by atoms with E-state index < -0.39 is 0 Å². The van der Waals surface area contributed by atoms with Crippen LogP contribution < -0.4 is 0 Å². The van der Waals surface area contributed by atoms with Gasteiger partial charge in [-0.25, -0.2) is 0 Å². The van der Waals surface area contributed by atoms with Crippen molar-refractivity contribution in [2.45, 2.75) is 33.2 Å². The SMILES string of the molecule is CC1CCC(C)C1=NCc1ccco1. The molecule has 2 atom stereocenters. The molecule has 1 heterocycles. The summed E-state index contributed by atoms with van der Waals surface area (Å²) in [4.78, 5) is 4.65. The third-order valence-electron chi connectivity index (χ3n) is 3.04. The van der Waals surface area contributed by atoms with Gasteiger partial charge >= 0.3 is 0 Å². The Morgan fingerprint density at radius 2 is 2.07 bits per heavy atom. The second-order valence-electron chi connectivity index (χ2n) is 4.20. The molecule has 1 aliphatic carbocycles. The van der Waals surface area contributed by atoms with Crippen LogP contribution in [-0.2, 0) is 6.54 Å². The van der Waals surface area contributed by atoms with Gasteiger partial charge in [-0.1, -0.05) is 13.8 Å². The largest absolute Gasteiger partial charge is 0.467 e. The lowest BCUT2D eigenvalue weighted by molar-refractivity contribution is 0.512. The van der Waals surface area contributed by atoms with Crippen LogP contribution in [0, 0.1) is 11.8 Å². The zero-order valence-electron chi connectivity index (χ0n) is 8.86. The minimum Gasteiger partial charge on any atom is -0.467 e. The van der Waals surface area contributed by atoms with Gasteiger partial charge in [-0.2, -0.15) is 0 Å². The minimum absolute atomic E-state index is 0.667. The van der Waals surface area contributed by atoms with Crippen molar-refractivity contribution in [3.05, 3.63) is 24.2 Å². The summed E-state index contributed by atoms with van der Waals surface area (Å²) in [5.74, 6) is 2.30. The first-order chi connectivity index (χ1) is 6.77. The summed E-state index contributed by atoms with van der Waals surface area (Å²) in [6.07, 6.45) is 4.29. The average molecular weight is 191 g/mol. The van der Waals surface area contributed by atoms with Crippen LogP contribution in [-0.4, -0.2) is 5.71 Å². The fourth-order valence-electron chi connectivity index (χ4n) is 2.16. The maximum absolute atomic E-state index is 5.26. The molecular formula is C12H17NO. The van der Waals surface area contributed by atoms with Gasteiger partial charge in [0.1, 0.15) is 5.76 Å². The Balaban J connectivity index is 2.03. The number of nitrogens with zero attached hydrogens (tertiary/aromatic N) is 1. The van der Waals surface area contributed by atoms with Gasteiger partial charge in [-0.3, -0.25) is 4.99 Å². The van der Waals surface area contributed by atoms with Gasteiger partial charge in [0.2, 0.25) is 0 Å². The number of hydrogen-bond acceptors (Lipinski definition) is 2. The fourth-order valence-corrected chi connectivity index (χ4v) is 2.16. The van der Waals surface area contributed by atoms with Crippen LogP contribution in [0.4, 0.5) is 0 Å². The van der Waals surface area contributed by atoms with Crippen LogP contribution in [0.3, 0.4) is 0 Å². The lowest BCUT2D eigenvalue weighted by Crippen LogP contribution is -2.09. The number of rotatable bonds is 2. The highest BCUT2D eigenvalue weighted by Crippen LogP contribution is 2.27. The molecule has 14 heavy (non-hydrogen) atoms. The van der Waals surface area contributed by atoms with Gasteiger partial charge in [0.15, 0.2) is 0 Å². The van der Waals surface area contributed by atoms with E-state index in [4.69, 9.17) is 4.42 Å². The summed E-state index contributed by atoms with van der Waals surface area (Å²) >= 11 is 0. The number of hydrogen-bond donors (Lipinski definition) is 0. The second-order valence-corrected chi connectivity index (χ2v) is 4.20.